The zero-order valence-corrected chi connectivity index (χ0v) is 16.0. The Morgan fingerprint density at radius 1 is 0.923 bits per heavy atom. The van der Waals surface area contributed by atoms with Gasteiger partial charge in [0.25, 0.3) is 0 Å². The van der Waals surface area contributed by atoms with Gasteiger partial charge < -0.3 is 4.74 Å². The van der Waals surface area contributed by atoms with E-state index in [1.54, 1.807) is 0 Å². The molecule has 0 aliphatic heterocycles. The fourth-order valence-corrected chi connectivity index (χ4v) is 4.77. The molecule has 2 aliphatic carbocycles. The second-order valence-electron chi connectivity index (χ2n) is 8.01. The second kappa shape index (κ2) is 8.89. The van der Waals surface area contributed by atoms with E-state index in [4.69, 9.17) is 4.74 Å². The van der Waals surface area contributed by atoms with Crippen LogP contribution in [-0.4, -0.2) is 7.11 Å². The molecular formula is C23H30F2O. The summed E-state index contributed by atoms with van der Waals surface area (Å²) in [5.74, 6) is 7.12. The van der Waals surface area contributed by atoms with Gasteiger partial charge in [-0.25, -0.2) is 4.39 Å². The van der Waals surface area contributed by atoms with Gasteiger partial charge in [0, 0.05) is 5.92 Å². The third-order valence-corrected chi connectivity index (χ3v) is 6.59. The van der Waals surface area contributed by atoms with Gasteiger partial charge in [0.15, 0.2) is 11.6 Å². The molecule has 142 valence electrons. The Bertz CT molecular complexity index is 657. The molecule has 0 radical (unpaired) electrons. The molecule has 1 aromatic rings. The van der Waals surface area contributed by atoms with Crippen molar-refractivity contribution in [3.63, 3.8) is 0 Å². The third-order valence-electron chi connectivity index (χ3n) is 6.59. The lowest BCUT2D eigenvalue weighted by Crippen LogP contribution is -2.25. The highest BCUT2D eigenvalue weighted by Gasteiger charge is 2.30. The van der Waals surface area contributed by atoms with E-state index in [2.05, 4.69) is 18.8 Å². The van der Waals surface area contributed by atoms with Crippen LogP contribution in [0.5, 0.6) is 5.75 Å². The number of benzene rings is 1. The molecule has 1 aromatic carbocycles. The van der Waals surface area contributed by atoms with Crippen molar-refractivity contribution < 1.29 is 13.5 Å². The zero-order chi connectivity index (χ0) is 18.5. The molecule has 0 atom stereocenters. The van der Waals surface area contributed by atoms with E-state index in [0.29, 0.717) is 5.92 Å². The van der Waals surface area contributed by atoms with Gasteiger partial charge in [-0.05, 0) is 68.4 Å². The van der Waals surface area contributed by atoms with Gasteiger partial charge in [0.1, 0.15) is 0 Å². The molecule has 2 aliphatic rings. The van der Waals surface area contributed by atoms with E-state index in [9.17, 15) is 8.78 Å². The fourth-order valence-electron chi connectivity index (χ4n) is 4.77. The summed E-state index contributed by atoms with van der Waals surface area (Å²) >= 11 is 0. The van der Waals surface area contributed by atoms with Crippen molar-refractivity contribution in [2.24, 2.45) is 23.7 Å². The molecule has 0 unspecified atom stereocenters. The second-order valence-corrected chi connectivity index (χ2v) is 8.01. The summed E-state index contributed by atoms with van der Waals surface area (Å²) in [4.78, 5) is 0. The van der Waals surface area contributed by atoms with Crippen LogP contribution >= 0.6 is 0 Å². The number of hydrogen-bond acceptors (Lipinski definition) is 1. The summed E-state index contributed by atoms with van der Waals surface area (Å²) in [6.45, 7) is 2.31. The molecule has 0 spiro atoms. The molecule has 3 rings (SSSR count). The van der Waals surface area contributed by atoms with Gasteiger partial charge in [0.2, 0.25) is 5.82 Å². The standard InChI is InChI=1S/C23H30F2O/c1-3-16-4-9-18(10-5-16)19-11-6-17(7-12-19)8-13-20-14-15-21(26-2)23(25)22(20)24/h14-19H,3-7,9-12H2,1-2H3. The van der Waals surface area contributed by atoms with E-state index in [0.717, 1.165) is 30.6 Å². The van der Waals surface area contributed by atoms with Gasteiger partial charge in [-0.15, -0.1) is 0 Å². The Kier molecular flexibility index (Phi) is 6.57. The largest absolute Gasteiger partial charge is 0.494 e. The first kappa shape index (κ1) is 19.2. The minimum atomic E-state index is -0.953. The van der Waals surface area contributed by atoms with E-state index < -0.39 is 11.6 Å². The molecule has 1 nitrogen and oxygen atoms in total. The Morgan fingerprint density at radius 2 is 1.54 bits per heavy atom. The van der Waals surface area contributed by atoms with Crippen LogP contribution in [0.2, 0.25) is 0 Å². The Hall–Kier alpha value is -1.56. The minimum Gasteiger partial charge on any atom is -0.494 e. The summed E-state index contributed by atoms with van der Waals surface area (Å²) in [5.41, 5.74) is 0.128. The molecule has 2 fully saturated rings. The first-order valence-electron chi connectivity index (χ1n) is 10.2. The highest BCUT2D eigenvalue weighted by molar-refractivity contribution is 5.41. The first-order chi connectivity index (χ1) is 12.6. The van der Waals surface area contributed by atoms with Gasteiger partial charge in [0.05, 0.1) is 12.7 Å². The summed E-state index contributed by atoms with van der Waals surface area (Å²) in [6, 6.07) is 2.94. The molecular weight excluding hydrogens is 330 g/mol. The lowest BCUT2D eigenvalue weighted by molar-refractivity contribution is 0.156. The smallest absolute Gasteiger partial charge is 0.201 e. The lowest BCUT2D eigenvalue weighted by Gasteiger charge is -2.36. The number of methoxy groups -OCH3 is 1. The van der Waals surface area contributed by atoms with E-state index in [1.165, 1.54) is 64.2 Å². The van der Waals surface area contributed by atoms with Crippen molar-refractivity contribution in [1.29, 1.82) is 0 Å². The van der Waals surface area contributed by atoms with E-state index >= 15 is 0 Å². The van der Waals surface area contributed by atoms with Crippen molar-refractivity contribution in [1.82, 2.24) is 0 Å². The van der Waals surface area contributed by atoms with Crippen LogP contribution in [0.4, 0.5) is 8.78 Å². The quantitative estimate of drug-likeness (QED) is 0.571. The summed E-state index contributed by atoms with van der Waals surface area (Å²) in [5, 5.41) is 0. The monoisotopic (exact) mass is 360 g/mol. The SMILES string of the molecule is CCC1CCC(C2CCC(C#Cc3ccc(OC)c(F)c3F)CC2)CC1. The van der Waals surface area contributed by atoms with Crippen molar-refractivity contribution in [3.8, 4) is 17.6 Å². The fraction of sp³-hybridized carbons (Fsp3) is 0.652. The maximum Gasteiger partial charge on any atom is 0.201 e. The Labute approximate surface area is 156 Å². The summed E-state index contributed by atoms with van der Waals surface area (Å²) in [6.07, 6.45) is 11.6. The maximum absolute atomic E-state index is 14.0. The van der Waals surface area contributed by atoms with Crippen LogP contribution in [-0.2, 0) is 0 Å². The first-order valence-corrected chi connectivity index (χ1v) is 10.2. The average molecular weight is 360 g/mol. The van der Waals surface area contributed by atoms with Crippen molar-refractivity contribution in [2.75, 3.05) is 7.11 Å². The van der Waals surface area contributed by atoms with Crippen LogP contribution in [0.1, 0.15) is 70.3 Å². The maximum atomic E-state index is 14.0. The van der Waals surface area contributed by atoms with Crippen molar-refractivity contribution in [2.45, 2.75) is 64.7 Å². The molecule has 0 heterocycles. The zero-order valence-electron chi connectivity index (χ0n) is 16.0. The van der Waals surface area contributed by atoms with E-state index in [1.807, 2.05) is 0 Å². The molecule has 0 saturated heterocycles. The molecule has 26 heavy (non-hydrogen) atoms. The van der Waals surface area contributed by atoms with Crippen LogP contribution in [0, 0.1) is 47.1 Å². The van der Waals surface area contributed by atoms with Crippen molar-refractivity contribution >= 4 is 0 Å². The van der Waals surface area contributed by atoms with Gasteiger partial charge in [-0.3, -0.25) is 0 Å². The summed E-state index contributed by atoms with van der Waals surface area (Å²) in [7, 11) is 1.33. The number of rotatable bonds is 3. The van der Waals surface area contributed by atoms with Gasteiger partial charge in [-0.1, -0.05) is 38.0 Å². The highest BCUT2D eigenvalue weighted by atomic mass is 19.2. The third kappa shape index (κ3) is 4.40. The summed E-state index contributed by atoms with van der Waals surface area (Å²) < 4.78 is 32.6. The van der Waals surface area contributed by atoms with Crippen LogP contribution < -0.4 is 4.74 Å². The molecule has 0 bridgehead atoms. The Balaban J connectivity index is 1.54. The van der Waals surface area contributed by atoms with Gasteiger partial charge >= 0.3 is 0 Å². The van der Waals surface area contributed by atoms with Crippen LogP contribution in [0.3, 0.4) is 0 Å². The predicted octanol–water partition coefficient (Wildman–Crippen LogP) is 6.35. The number of ether oxygens (including phenoxy) is 1. The minimum absolute atomic E-state index is 0.0775. The average Bonchev–Trinajstić information content (AvgIpc) is 2.70. The molecule has 0 aromatic heterocycles. The topological polar surface area (TPSA) is 9.23 Å². The van der Waals surface area contributed by atoms with Crippen molar-refractivity contribution in [3.05, 3.63) is 29.3 Å². The number of halogens is 2. The highest BCUT2D eigenvalue weighted by Crippen LogP contribution is 2.41. The Morgan fingerprint density at radius 3 is 2.12 bits per heavy atom. The van der Waals surface area contributed by atoms with Crippen LogP contribution in [0.15, 0.2) is 12.1 Å². The number of hydrogen-bond donors (Lipinski definition) is 0. The predicted molar refractivity (Wildman–Crippen MR) is 101 cm³/mol. The van der Waals surface area contributed by atoms with E-state index in [-0.39, 0.29) is 11.3 Å². The molecule has 0 N–H and O–H groups in total. The normalized spacial score (nSPS) is 28.9. The molecule has 0 amide bonds. The molecule has 3 heteroatoms. The molecule has 2 saturated carbocycles. The lowest BCUT2D eigenvalue weighted by atomic mass is 9.69. The van der Waals surface area contributed by atoms with Crippen LogP contribution in [0.25, 0.3) is 0 Å². The van der Waals surface area contributed by atoms with Gasteiger partial charge in [-0.2, -0.15) is 4.39 Å².